The van der Waals surface area contributed by atoms with Crippen LogP contribution in [0.15, 0.2) is 24.3 Å². The number of fused-ring (bicyclic) bond motifs is 1. The summed E-state index contributed by atoms with van der Waals surface area (Å²) in [4.78, 5) is 26.7. The lowest BCUT2D eigenvalue weighted by atomic mass is 10.1. The quantitative estimate of drug-likeness (QED) is 0.579. The number of aromatic hydroxyl groups is 1. The lowest BCUT2D eigenvalue weighted by Crippen LogP contribution is -2.11. The first-order chi connectivity index (χ1) is 11.0. The van der Waals surface area contributed by atoms with Gasteiger partial charge in [-0.05, 0) is 37.6 Å². The van der Waals surface area contributed by atoms with Crippen molar-refractivity contribution in [1.82, 2.24) is 4.98 Å². The van der Waals surface area contributed by atoms with Crippen molar-refractivity contribution in [3.63, 3.8) is 0 Å². The number of amides is 1. The number of nitrogens with two attached hydrogens (primary N) is 1. The first-order valence-corrected chi connectivity index (χ1v) is 7.38. The number of carbonyl (C=O) groups is 2. The first-order valence-electron chi connectivity index (χ1n) is 7.38. The van der Waals surface area contributed by atoms with Gasteiger partial charge in [-0.3, -0.25) is 4.79 Å². The Bertz CT molecular complexity index is 731. The smallest absolute Gasteiger partial charge is 0.354 e. The molecule has 0 unspecified atom stereocenters. The number of nitrogens with one attached hydrogen (secondary N) is 1. The van der Waals surface area contributed by atoms with Gasteiger partial charge in [0, 0.05) is 23.6 Å². The maximum Gasteiger partial charge on any atom is 0.354 e. The molecular weight excluding hydrogens is 298 g/mol. The molecule has 2 rings (SSSR count). The molecule has 0 saturated heterocycles. The summed E-state index contributed by atoms with van der Waals surface area (Å²) < 4.78 is 0. The van der Waals surface area contributed by atoms with Gasteiger partial charge in [-0.2, -0.15) is 0 Å². The molecule has 1 heterocycles. The summed E-state index contributed by atoms with van der Waals surface area (Å²) in [5, 5.41) is 22.0. The van der Waals surface area contributed by atoms with Crippen LogP contribution >= 0.6 is 0 Å². The molecule has 7 heteroatoms. The molecule has 0 spiro atoms. The average molecular weight is 317 g/mol. The number of rotatable bonds is 7. The van der Waals surface area contributed by atoms with E-state index in [0.29, 0.717) is 29.6 Å². The molecule has 1 aromatic carbocycles. The highest BCUT2D eigenvalue weighted by Gasteiger charge is 2.11. The van der Waals surface area contributed by atoms with Gasteiger partial charge in [0.1, 0.15) is 5.75 Å². The molecule has 1 aromatic heterocycles. The van der Waals surface area contributed by atoms with Crippen LogP contribution in [0, 0.1) is 0 Å². The molecule has 0 aliphatic carbocycles. The molecular formula is C16H19N3O4. The van der Waals surface area contributed by atoms with Crippen molar-refractivity contribution in [3.05, 3.63) is 30.0 Å². The van der Waals surface area contributed by atoms with Crippen LogP contribution in [-0.2, 0) is 4.79 Å². The third kappa shape index (κ3) is 4.40. The minimum absolute atomic E-state index is 0.115. The van der Waals surface area contributed by atoms with Gasteiger partial charge in [0.25, 0.3) is 0 Å². The van der Waals surface area contributed by atoms with E-state index in [1.807, 2.05) is 0 Å². The van der Waals surface area contributed by atoms with Crippen LogP contribution in [0.2, 0.25) is 0 Å². The van der Waals surface area contributed by atoms with Gasteiger partial charge in [-0.25, -0.2) is 9.78 Å². The molecule has 122 valence electrons. The number of aromatic carboxylic acids is 1. The third-order valence-corrected chi connectivity index (χ3v) is 3.40. The van der Waals surface area contributed by atoms with Crippen molar-refractivity contribution >= 4 is 28.5 Å². The zero-order chi connectivity index (χ0) is 16.8. The second-order valence-electron chi connectivity index (χ2n) is 5.21. The van der Waals surface area contributed by atoms with Gasteiger partial charge in [-0.15, -0.1) is 0 Å². The van der Waals surface area contributed by atoms with Crippen LogP contribution in [-0.4, -0.2) is 33.6 Å². The fraction of sp³-hybridized carbons (Fsp3) is 0.312. The summed E-state index contributed by atoms with van der Waals surface area (Å²) in [6, 6.07) is 5.84. The molecule has 2 aromatic rings. The van der Waals surface area contributed by atoms with Crippen LogP contribution in [0.3, 0.4) is 0 Å². The lowest BCUT2D eigenvalue weighted by Gasteiger charge is -2.08. The number of anilines is 1. The summed E-state index contributed by atoms with van der Waals surface area (Å²) in [5.74, 6) is -1.51. The van der Waals surface area contributed by atoms with E-state index in [4.69, 9.17) is 10.8 Å². The summed E-state index contributed by atoms with van der Waals surface area (Å²) in [7, 11) is 0. The highest BCUT2D eigenvalue weighted by molar-refractivity contribution is 5.97. The van der Waals surface area contributed by atoms with Crippen molar-refractivity contribution < 1.29 is 19.8 Å². The normalized spacial score (nSPS) is 10.7. The molecule has 23 heavy (non-hydrogen) atoms. The molecule has 5 N–H and O–H groups in total. The Balaban J connectivity index is 2.11. The Morgan fingerprint density at radius 2 is 1.96 bits per heavy atom. The van der Waals surface area contributed by atoms with E-state index in [2.05, 4.69) is 10.3 Å². The lowest BCUT2D eigenvalue weighted by molar-refractivity contribution is -0.116. The van der Waals surface area contributed by atoms with Crippen molar-refractivity contribution in [1.29, 1.82) is 0 Å². The number of carbonyl (C=O) groups excluding carboxylic acids is 1. The summed E-state index contributed by atoms with van der Waals surface area (Å²) in [5.41, 5.74) is 6.05. The van der Waals surface area contributed by atoms with Crippen molar-refractivity contribution in [3.8, 4) is 5.75 Å². The largest absolute Gasteiger partial charge is 0.507 e. The van der Waals surface area contributed by atoms with Gasteiger partial charge >= 0.3 is 5.97 Å². The van der Waals surface area contributed by atoms with E-state index in [0.717, 1.165) is 25.3 Å². The Morgan fingerprint density at radius 3 is 2.65 bits per heavy atom. The van der Waals surface area contributed by atoms with Crippen molar-refractivity contribution in [2.24, 2.45) is 5.73 Å². The molecule has 0 saturated carbocycles. The Labute approximate surface area is 133 Å². The summed E-state index contributed by atoms with van der Waals surface area (Å²) in [6.45, 7) is 0.622. The maximum absolute atomic E-state index is 11.8. The van der Waals surface area contributed by atoms with Gasteiger partial charge in [0.2, 0.25) is 5.91 Å². The fourth-order valence-corrected chi connectivity index (χ4v) is 2.23. The Hall–Kier alpha value is -2.67. The SMILES string of the molecule is NCCCCCC(=O)Nc1ccc2nc(C(=O)O)cc(O)c2c1. The Morgan fingerprint density at radius 1 is 1.17 bits per heavy atom. The summed E-state index contributed by atoms with van der Waals surface area (Å²) >= 11 is 0. The highest BCUT2D eigenvalue weighted by Crippen LogP contribution is 2.27. The van der Waals surface area contributed by atoms with Crippen LogP contribution in [0.1, 0.15) is 36.2 Å². The van der Waals surface area contributed by atoms with Crippen LogP contribution in [0.25, 0.3) is 10.9 Å². The van der Waals surface area contributed by atoms with E-state index >= 15 is 0 Å². The minimum Gasteiger partial charge on any atom is -0.507 e. The number of carboxylic acids is 1. The molecule has 7 nitrogen and oxygen atoms in total. The van der Waals surface area contributed by atoms with Gasteiger partial charge in [0.05, 0.1) is 5.52 Å². The zero-order valence-electron chi connectivity index (χ0n) is 12.6. The van der Waals surface area contributed by atoms with E-state index < -0.39 is 5.97 Å². The van der Waals surface area contributed by atoms with E-state index in [9.17, 15) is 14.7 Å². The van der Waals surface area contributed by atoms with Crippen LogP contribution < -0.4 is 11.1 Å². The molecule has 1 amide bonds. The fourth-order valence-electron chi connectivity index (χ4n) is 2.23. The van der Waals surface area contributed by atoms with Crippen LogP contribution in [0.4, 0.5) is 5.69 Å². The topological polar surface area (TPSA) is 126 Å². The molecule has 0 aliphatic heterocycles. The number of pyridine rings is 1. The number of benzene rings is 1. The standard InChI is InChI=1S/C16H19N3O4/c17-7-3-1-2-4-15(21)18-10-5-6-12-11(8-10)14(20)9-13(19-12)16(22)23/h5-6,8-9H,1-4,7,17H2,(H,18,21)(H,19,20)(H,22,23). The van der Waals surface area contributed by atoms with Crippen molar-refractivity contribution in [2.75, 3.05) is 11.9 Å². The highest BCUT2D eigenvalue weighted by atomic mass is 16.4. The average Bonchev–Trinajstić information content (AvgIpc) is 2.52. The number of hydrogen-bond donors (Lipinski definition) is 4. The monoisotopic (exact) mass is 317 g/mol. The second-order valence-corrected chi connectivity index (χ2v) is 5.21. The second kappa shape index (κ2) is 7.55. The maximum atomic E-state index is 11.8. The molecule has 0 radical (unpaired) electrons. The van der Waals surface area contributed by atoms with Gasteiger partial charge < -0.3 is 21.3 Å². The molecule has 0 bridgehead atoms. The third-order valence-electron chi connectivity index (χ3n) is 3.40. The van der Waals surface area contributed by atoms with E-state index in [1.165, 1.54) is 0 Å². The van der Waals surface area contributed by atoms with E-state index in [-0.39, 0.29) is 17.4 Å². The number of carboxylic acid groups (broad SMARTS) is 1. The molecule has 0 aliphatic rings. The van der Waals surface area contributed by atoms with E-state index in [1.54, 1.807) is 18.2 Å². The zero-order valence-corrected chi connectivity index (χ0v) is 12.6. The number of unbranched alkanes of at least 4 members (excludes halogenated alkanes) is 2. The van der Waals surface area contributed by atoms with Crippen molar-refractivity contribution in [2.45, 2.75) is 25.7 Å². The molecule has 0 fully saturated rings. The number of hydrogen-bond acceptors (Lipinski definition) is 5. The molecule has 0 atom stereocenters. The Kier molecular flexibility index (Phi) is 5.48. The number of nitrogens with zero attached hydrogens (tertiary/aromatic N) is 1. The first kappa shape index (κ1) is 16.7. The van der Waals surface area contributed by atoms with Crippen LogP contribution in [0.5, 0.6) is 5.75 Å². The minimum atomic E-state index is -1.21. The predicted octanol–water partition coefficient (Wildman–Crippen LogP) is 2.10. The predicted molar refractivity (Wildman–Crippen MR) is 86.5 cm³/mol. The number of aromatic nitrogens is 1. The summed E-state index contributed by atoms with van der Waals surface area (Å²) in [6.07, 6.45) is 2.98. The van der Waals surface area contributed by atoms with Gasteiger partial charge in [-0.1, -0.05) is 6.42 Å². The van der Waals surface area contributed by atoms with Gasteiger partial charge in [0.15, 0.2) is 5.69 Å².